The summed E-state index contributed by atoms with van der Waals surface area (Å²) in [6.45, 7) is 1.84. The first-order valence-electron chi connectivity index (χ1n) is 3.53. The number of alkyl halides is 3. The third kappa shape index (κ3) is 2.52. The molecule has 0 saturated carbocycles. The van der Waals surface area contributed by atoms with Crippen LogP contribution in [0.4, 0.5) is 4.39 Å². The van der Waals surface area contributed by atoms with E-state index in [4.69, 9.17) is 5.26 Å². The van der Waals surface area contributed by atoms with E-state index in [0.29, 0.717) is 11.1 Å². The van der Waals surface area contributed by atoms with Gasteiger partial charge in [0.2, 0.25) is 3.49 Å². The van der Waals surface area contributed by atoms with Crippen LogP contribution in [0.5, 0.6) is 0 Å². The molecule has 1 aromatic rings. The van der Waals surface area contributed by atoms with E-state index in [9.17, 15) is 4.39 Å². The lowest BCUT2D eigenvalue weighted by Gasteiger charge is -2.12. The lowest BCUT2D eigenvalue weighted by molar-refractivity contribution is 0.443. The second-order valence-electron chi connectivity index (χ2n) is 2.66. The molecule has 1 nitrogen and oxygen atoms in total. The van der Waals surface area contributed by atoms with Crippen LogP contribution >= 0.6 is 31.9 Å². The minimum Gasteiger partial charge on any atom is -0.213 e. The van der Waals surface area contributed by atoms with Crippen molar-refractivity contribution < 1.29 is 4.39 Å². The zero-order valence-electron chi connectivity index (χ0n) is 6.81. The maximum atomic E-state index is 13.4. The highest BCUT2D eigenvalue weighted by Crippen LogP contribution is 2.41. The molecule has 0 saturated heterocycles. The van der Waals surface area contributed by atoms with Crippen molar-refractivity contribution >= 4 is 31.9 Å². The molecule has 13 heavy (non-hydrogen) atoms. The fraction of sp³-hybridized carbons (Fsp3) is 0.222. The van der Waals surface area contributed by atoms with Gasteiger partial charge in [0, 0.05) is 5.56 Å². The molecule has 0 aliphatic rings. The Hall–Kier alpha value is -0.400. The first kappa shape index (κ1) is 10.7. The zero-order chi connectivity index (χ0) is 10.1. The lowest BCUT2D eigenvalue weighted by atomic mass is 10.1. The molecule has 0 N–H and O–H groups in total. The van der Waals surface area contributed by atoms with Crippen LogP contribution in [0.15, 0.2) is 18.2 Å². The average molecular weight is 307 g/mol. The van der Waals surface area contributed by atoms with Crippen LogP contribution in [0.3, 0.4) is 0 Å². The first-order chi connectivity index (χ1) is 5.95. The van der Waals surface area contributed by atoms with Crippen molar-refractivity contribution in [3.8, 4) is 6.07 Å². The van der Waals surface area contributed by atoms with Crippen molar-refractivity contribution in [1.82, 2.24) is 0 Å². The molecule has 0 aliphatic carbocycles. The molecule has 0 fully saturated rings. The van der Waals surface area contributed by atoms with Gasteiger partial charge in [-0.1, -0.05) is 11.6 Å². The van der Waals surface area contributed by atoms with Crippen LogP contribution in [0.25, 0.3) is 0 Å². The van der Waals surface area contributed by atoms with Crippen molar-refractivity contribution in [1.29, 1.82) is 5.26 Å². The molecule has 1 rings (SSSR count). The summed E-state index contributed by atoms with van der Waals surface area (Å²) in [5.41, 5.74) is 1.53. The monoisotopic (exact) mass is 305 g/mol. The summed E-state index contributed by atoms with van der Waals surface area (Å²) in [5, 5.41) is 8.71. The fourth-order valence-corrected chi connectivity index (χ4v) is 1.65. The maximum Gasteiger partial charge on any atom is 0.245 e. The van der Waals surface area contributed by atoms with Crippen LogP contribution in [-0.2, 0) is 3.49 Å². The van der Waals surface area contributed by atoms with Crippen LogP contribution in [0.1, 0.15) is 16.7 Å². The minimum atomic E-state index is -1.82. The van der Waals surface area contributed by atoms with Gasteiger partial charge in [0.15, 0.2) is 0 Å². The summed E-state index contributed by atoms with van der Waals surface area (Å²) in [6, 6.07) is 6.93. The molecule has 0 spiro atoms. The van der Waals surface area contributed by atoms with Crippen molar-refractivity contribution in [3.05, 3.63) is 34.9 Å². The SMILES string of the molecule is Cc1ccc(C#N)c(C(F)(Br)Br)c1. The van der Waals surface area contributed by atoms with Gasteiger partial charge in [0.1, 0.15) is 0 Å². The van der Waals surface area contributed by atoms with E-state index in [2.05, 4.69) is 31.9 Å². The second-order valence-corrected chi connectivity index (χ2v) is 5.91. The molecule has 0 atom stereocenters. The van der Waals surface area contributed by atoms with E-state index in [1.807, 2.05) is 13.0 Å². The van der Waals surface area contributed by atoms with Crippen molar-refractivity contribution in [3.63, 3.8) is 0 Å². The largest absolute Gasteiger partial charge is 0.245 e. The van der Waals surface area contributed by atoms with Gasteiger partial charge in [-0.05, 0) is 50.9 Å². The van der Waals surface area contributed by atoms with Crippen LogP contribution in [0, 0.1) is 18.3 Å². The Morgan fingerprint density at radius 2 is 2.08 bits per heavy atom. The number of hydrogen-bond acceptors (Lipinski definition) is 1. The van der Waals surface area contributed by atoms with Gasteiger partial charge in [-0.15, -0.1) is 0 Å². The summed E-state index contributed by atoms with van der Waals surface area (Å²) >= 11 is 5.62. The molecule has 0 heterocycles. The third-order valence-corrected chi connectivity index (χ3v) is 2.46. The molecule has 68 valence electrons. The highest BCUT2D eigenvalue weighted by atomic mass is 79.9. The third-order valence-electron chi connectivity index (χ3n) is 1.60. The number of nitrogens with zero attached hydrogens (tertiary/aromatic N) is 1. The molecule has 0 bridgehead atoms. The number of nitriles is 1. The molecule has 0 aliphatic heterocycles. The Bertz CT molecular complexity index is 363. The Balaban J connectivity index is 3.35. The van der Waals surface area contributed by atoms with E-state index >= 15 is 0 Å². The quantitative estimate of drug-likeness (QED) is 0.725. The van der Waals surface area contributed by atoms with Gasteiger partial charge in [0.25, 0.3) is 0 Å². The average Bonchev–Trinajstić information content (AvgIpc) is 2.03. The van der Waals surface area contributed by atoms with Gasteiger partial charge in [-0.25, -0.2) is 4.39 Å². The van der Waals surface area contributed by atoms with Crippen LogP contribution < -0.4 is 0 Å². The van der Waals surface area contributed by atoms with E-state index in [-0.39, 0.29) is 0 Å². The van der Waals surface area contributed by atoms with Crippen molar-refractivity contribution in [2.45, 2.75) is 10.4 Å². The van der Waals surface area contributed by atoms with E-state index in [1.54, 1.807) is 18.2 Å². The Kier molecular flexibility index (Phi) is 3.09. The molecule has 1 aromatic carbocycles. The normalized spacial score (nSPS) is 11.0. The van der Waals surface area contributed by atoms with Gasteiger partial charge >= 0.3 is 0 Å². The van der Waals surface area contributed by atoms with Gasteiger partial charge in [-0.3, -0.25) is 0 Å². The summed E-state index contributed by atoms with van der Waals surface area (Å²) in [7, 11) is 0. The molecular weight excluding hydrogens is 301 g/mol. The molecule has 0 unspecified atom stereocenters. The number of halogens is 3. The van der Waals surface area contributed by atoms with E-state index in [1.165, 1.54) is 0 Å². The van der Waals surface area contributed by atoms with E-state index < -0.39 is 3.49 Å². The van der Waals surface area contributed by atoms with Gasteiger partial charge in [0.05, 0.1) is 11.6 Å². The predicted octanol–water partition coefficient (Wildman–Crippen LogP) is 3.74. The lowest BCUT2D eigenvalue weighted by Crippen LogP contribution is -2.03. The van der Waals surface area contributed by atoms with Crippen LogP contribution in [-0.4, -0.2) is 0 Å². The Morgan fingerprint density at radius 1 is 1.46 bits per heavy atom. The van der Waals surface area contributed by atoms with Crippen molar-refractivity contribution in [2.24, 2.45) is 0 Å². The maximum absolute atomic E-state index is 13.4. The summed E-state index contributed by atoms with van der Waals surface area (Å²) in [6.07, 6.45) is 0. The van der Waals surface area contributed by atoms with Gasteiger partial charge < -0.3 is 0 Å². The van der Waals surface area contributed by atoms with Gasteiger partial charge in [-0.2, -0.15) is 5.26 Å². The topological polar surface area (TPSA) is 23.8 Å². The molecular formula is C9H6Br2FN. The Labute approximate surface area is 92.8 Å². The molecule has 0 radical (unpaired) electrons. The fourth-order valence-electron chi connectivity index (χ4n) is 0.990. The highest BCUT2D eigenvalue weighted by Gasteiger charge is 2.27. The van der Waals surface area contributed by atoms with Crippen LogP contribution in [0.2, 0.25) is 0 Å². The molecule has 0 amide bonds. The second kappa shape index (κ2) is 3.77. The number of hydrogen-bond donors (Lipinski definition) is 0. The highest BCUT2D eigenvalue weighted by molar-refractivity contribution is 9.24. The standard InChI is InChI=1S/C9H6Br2FN/c1-6-2-3-7(5-13)8(4-6)9(10,11)12/h2-4H,1H3. The minimum absolute atomic E-state index is 0.301. The zero-order valence-corrected chi connectivity index (χ0v) is 9.99. The summed E-state index contributed by atoms with van der Waals surface area (Å²) < 4.78 is 11.6. The smallest absolute Gasteiger partial charge is 0.213 e. The summed E-state index contributed by atoms with van der Waals surface area (Å²) in [5.74, 6) is 0. The predicted molar refractivity (Wildman–Crippen MR) is 56.5 cm³/mol. The number of benzene rings is 1. The number of aryl methyl sites for hydroxylation is 1. The van der Waals surface area contributed by atoms with E-state index in [0.717, 1.165) is 5.56 Å². The number of rotatable bonds is 1. The molecule has 0 aromatic heterocycles. The first-order valence-corrected chi connectivity index (χ1v) is 5.11. The summed E-state index contributed by atoms with van der Waals surface area (Å²) in [4.78, 5) is 0. The van der Waals surface area contributed by atoms with Crippen molar-refractivity contribution in [2.75, 3.05) is 0 Å². The Morgan fingerprint density at radius 3 is 2.54 bits per heavy atom. The molecule has 4 heteroatoms.